The highest BCUT2D eigenvalue weighted by Crippen LogP contribution is 2.24. The van der Waals surface area contributed by atoms with Crippen LogP contribution in [0.2, 0.25) is 0 Å². The Hall–Kier alpha value is -2.16. The van der Waals surface area contributed by atoms with Crippen molar-refractivity contribution in [3.8, 4) is 0 Å². The van der Waals surface area contributed by atoms with Gasteiger partial charge in [0.15, 0.2) is 5.76 Å². The normalized spacial score (nSPS) is 15.9. The summed E-state index contributed by atoms with van der Waals surface area (Å²) in [5, 5.41) is 2.67. The average Bonchev–Trinajstić information content (AvgIpc) is 3.04. The number of anilines is 1. The van der Waals surface area contributed by atoms with Gasteiger partial charge in [-0.1, -0.05) is 6.07 Å². The molecule has 7 nitrogen and oxygen atoms in total. The second-order valence-electron chi connectivity index (χ2n) is 5.86. The molecule has 0 radical (unpaired) electrons. The van der Waals surface area contributed by atoms with E-state index < -0.39 is 15.9 Å². The fraction of sp³-hybridized carbons (Fsp3) is 0.353. The Morgan fingerprint density at radius 1 is 1.12 bits per heavy atom. The van der Waals surface area contributed by atoms with Gasteiger partial charge in [-0.15, -0.1) is 0 Å². The van der Waals surface area contributed by atoms with Gasteiger partial charge < -0.3 is 14.5 Å². The Kier molecular flexibility index (Phi) is 4.94. The molecule has 0 bridgehead atoms. The first kappa shape index (κ1) is 17.7. The first-order chi connectivity index (χ1) is 11.9. The van der Waals surface area contributed by atoms with Crippen molar-refractivity contribution in [3.63, 3.8) is 0 Å². The number of hydrogen-bond donors (Lipinski definition) is 1. The van der Waals surface area contributed by atoms with E-state index in [1.165, 1.54) is 10.4 Å². The van der Waals surface area contributed by atoms with Crippen LogP contribution in [0.25, 0.3) is 0 Å². The van der Waals surface area contributed by atoms with Crippen molar-refractivity contribution in [2.75, 3.05) is 31.6 Å². The lowest BCUT2D eigenvalue weighted by Gasteiger charge is -2.26. The summed E-state index contributed by atoms with van der Waals surface area (Å²) >= 11 is 0. The second kappa shape index (κ2) is 6.99. The highest BCUT2D eigenvalue weighted by Gasteiger charge is 2.28. The largest absolute Gasteiger partial charge is 0.456 e. The Morgan fingerprint density at radius 3 is 2.48 bits per heavy atom. The molecule has 2 aromatic rings. The van der Waals surface area contributed by atoms with E-state index in [9.17, 15) is 13.2 Å². The van der Waals surface area contributed by atoms with Crippen molar-refractivity contribution in [1.29, 1.82) is 0 Å². The minimum absolute atomic E-state index is 0.177. The smallest absolute Gasteiger partial charge is 0.291 e. The topological polar surface area (TPSA) is 88.9 Å². The van der Waals surface area contributed by atoms with Gasteiger partial charge in [-0.3, -0.25) is 4.79 Å². The molecule has 1 fully saturated rings. The van der Waals surface area contributed by atoms with Crippen molar-refractivity contribution >= 4 is 21.6 Å². The quantitative estimate of drug-likeness (QED) is 0.898. The molecule has 1 amide bonds. The molecule has 1 aromatic carbocycles. The first-order valence-corrected chi connectivity index (χ1v) is 9.38. The molecular weight excluding hydrogens is 344 g/mol. The molecule has 0 spiro atoms. The lowest BCUT2D eigenvalue weighted by Crippen LogP contribution is -2.40. The number of amides is 1. The molecular formula is C17H20N2O5S. The van der Waals surface area contributed by atoms with Crippen LogP contribution in [0.5, 0.6) is 0 Å². The van der Waals surface area contributed by atoms with E-state index in [1.54, 1.807) is 38.1 Å². The van der Waals surface area contributed by atoms with Crippen LogP contribution in [0.4, 0.5) is 5.69 Å². The number of rotatable bonds is 4. The van der Waals surface area contributed by atoms with Gasteiger partial charge in [0.1, 0.15) is 5.76 Å². The molecule has 1 saturated heterocycles. The molecule has 1 aliphatic heterocycles. The van der Waals surface area contributed by atoms with E-state index in [0.717, 1.165) is 0 Å². The average molecular weight is 364 g/mol. The van der Waals surface area contributed by atoms with Crippen molar-refractivity contribution < 1.29 is 22.4 Å². The third kappa shape index (κ3) is 3.76. The number of nitrogens with one attached hydrogen (secondary N) is 1. The Labute approximate surface area is 146 Å². The van der Waals surface area contributed by atoms with Gasteiger partial charge in [0, 0.05) is 18.8 Å². The number of furan rings is 1. The van der Waals surface area contributed by atoms with Crippen LogP contribution in [0.1, 0.15) is 21.9 Å². The second-order valence-corrected chi connectivity index (χ2v) is 7.77. The minimum Gasteiger partial charge on any atom is -0.456 e. The number of aryl methyl sites for hydroxylation is 2. The first-order valence-electron chi connectivity index (χ1n) is 7.94. The molecule has 134 valence electrons. The number of carbonyl (C=O) groups excluding carboxylic acids is 1. The summed E-state index contributed by atoms with van der Waals surface area (Å²) < 4.78 is 37.6. The fourth-order valence-corrected chi connectivity index (χ4v) is 4.29. The van der Waals surface area contributed by atoms with Gasteiger partial charge in [-0.25, -0.2) is 8.42 Å². The highest BCUT2D eigenvalue weighted by atomic mass is 32.2. The Morgan fingerprint density at radius 2 is 1.84 bits per heavy atom. The van der Waals surface area contributed by atoms with Crippen LogP contribution >= 0.6 is 0 Å². The zero-order valence-corrected chi connectivity index (χ0v) is 14.9. The van der Waals surface area contributed by atoms with E-state index in [0.29, 0.717) is 43.3 Å². The van der Waals surface area contributed by atoms with Gasteiger partial charge in [-0.05, 0) is 43.7 Å². The van der Waals surface area contributed by atoms with E-state index >= 15 is 0 Å². The van der Waals surface area contributed by atoms with Crippen LogP contribution in [-0.2, 0) is 14.8 Å². The maximum Gasteiger partial charge on any atom is 0.291 e. The maximum atomic E-state index is 12.9. The van der Waals surface area contributed by atoms with Gasteiger partial charge in [-0.2, -0.15) is 4.31 Å². The predicted octanol–water partition coefficient (Wildman–Crippen LogP) is 2.17. The summed E-state index contributed by atoms with van der Waals surface area (Å²) in [5.41, 5.74) is 1.02. The SMILES string of the molecule is Cc1ccc(C(=O)Nc2ccc(C)c(S(=O)(=O)N3CCOCC3)c2)o1. The number of ether oxygens (including phenoxy) is 1. The van der Waals surface area contributed by atoms with Crippen molar-refractivity contribution in [1.82, 2.24) is 4.31 Å². The van der Waals surface area contributed by atoms with Crippen molar-refractivity contribution in [2.24, 2.45) is 0 Å². The third-order valence-corrected chi connectivity index (χ3v) is 6.04. The number of nitrogens with zero attached hydrogens (tertiary/aromatic N) is 1. The summed E-state index contributed by atoms with van der Waals surface area (Å²) in [6, 6.07) is 8.09. The lowest BCUT2D eigenvalue weighted by atomic mass is 10.2. The van der Waals surface area contributed by atoms with E-state index in [2.05, 4.69) is 5.32 Å². The molecule has 2 heterocycles. The number of sulfonamides is 1. The molecule has 0 aliphatic carbocycles. The molecule has 25 heavy (non-hydrogen) atoms. The molecule has 0 saturated carbocycles. The molecule has 1 aliphatic rings. The lowest BCUT2D eigenvalue weighted by molar-refractivity contribution is 0.0730. The number of hydrogen-bond acceptors (Lipinski definition) is 5. The molecule has 8 heteroatoms. The summed E-state index contributed by atoms with van der Waals surface area (Å²) in [4.78, 5) is 12.4. The zero-order valence-electron chi connectivity index (χ0n) is 14.1. The van der Waals surface area contributed by atoms with Gasteiger partial charge >= 0.3 is 0 Å². The number of carbonyl (C=O) groups is 1. The predicted molar refractivity (Wildman–Crippen MR) is 92.2 cm³/mol. The molecule has 3 rings (SSSR count). The Bertz CT molecular complexity index is 882. The molecule has 0 unspecified atom stereocenters. The van der Waals surface area contributed by atoms with Gasteiger partial charge in [0.2, 0.25) is 10.0 Å². The summed E-state index contributed by atoms with van der Waals surface area (Å²) in [7, 11) is -3.63. The van der Waals surface area contributed by atoms with Gasteiger partial charge in [0.25, 0.3) is 5.91 Å². The molecule has 1 aromatic heterocycles. The Balaban J connectivity index is 1.86. The van der Waals surface area contributed by atoms with Crippen LogP contribution in [0, 0.1) is 13.8 Å². The zero-order chi connectivity index (χ0) is 18.0. The summed E-state index contributed by atoms with van der Waals surface area (Å²) in [6.07, 6.45) is 0. The van der Waals surface area contributed by atoms with Crippen LogP contribution in [0.15, 0.2) is 39.6 Å². The van der Waals surface area contributed by atoms with Crippen LogP contribution in [0.3, 0.4) is 0 Å². The monoisotopic (exact) mass is 364 g/mol. The van der Waals surface area contributed by atoms with Gasteiger partial charge in [0.05, 0.1) is 18.1 Å². The summed E-state index contributed by atoms with van der Waals surface area (Å²) in [5.74, 6) is 0.381. The van der Waals surface area contributed by atoms with Crippen LogP contribution in [-0.4, -0.2) is 44.9 Å². The summed E-state index contributed by atoms with van der Waals surface area (Å²) in [6.45, 7) is 4.89. The molecule has 0 atom stereocenters. The minimum atomic E-state index is -3.63. The van der Waals surface area contributed by atoms with E-state index in [4.69, 9.17) is 9.15 Å². The van der Waals surface area contributed by atoms with Crippen molar-refractivity contribution in [2.45, 2.75) is 18.7 Å². The third-order valence-electron chi connectivity index (χ3n) is 4.00. The van der Waals surface area contributed by atoms with Crippen molar-refractivity contribution in [3.05, 3.63) is 47.4 Å². The highest BCUT2D eigenvalue weighted by molar-refractivity contribution is 7.89. The number of morpholine rings is 1. The van der Waals surface area contributed by atoms with Crippen LogP contribution < -0.4 is 5.32 Å². The van der Waals surface area contributed by atoms with E-state index in [1.807, 2.05) is 0 Å². The molecule has 1 N–H and O–H groups in total. The maximum absolute atomic E-state index is 12.9. The standard InChI is InChI=1S/C17H20N2O5S/c1-12-3-5-14(18-17(20)15-6-4-13(2)24-15)11-16(12)25(21,22)19-7-9-23-10-8-19/h3-6,11H,7-10H2,1-2H3,(H,18,20). The number of benzene rings is 1. The fourth-order valence-electron chi connectivity index (χ4n) is 2.63. The van der Waals surface area contributed by atoms with E-state index in [-0.39, 0.29) is 10.7 Å².